The normalized spacial score (nSPS) is 12.0. The minimum Gasteiger partial charge on any atom is -0.348 e. The van der Waals surface area contributed by atoms with Crippen molar-refractivity contribution < 1.29 is 9.59 Å². The van der Waals surface area contributed by atoms with E-state index in [9.17, 15) is 9.59 Å². The molecule has 2 amide bonds. The third kappa shape index (κ3) is 6.85. The maximum atomic E-state index is 11.9. The van der Waals surface area contributed by atoms with Crippen molar-refractivity contribution in [1.29, 1.82) is 0 Å². The molecule has 0 saturated carbocycles. The molecule has 1 rings (SSSR count). The van der Waals surface area contributed by atoms with E-state index in [1.165, 1.54) is 5.56 Å². The van der Waals surface area contributed by atoms with Crippen molar-refractivity contribution in [3.8, 4) is 0 Å². The predicted molar refractivity (Wildman–Crippen MR) is 95.5 cm³/mol. The number of anilines is 1. The Morgan fingerprint density at radius 1 is 1.04 bits per heavy atom. The summed E-state index contributed by atoms with van der Waals surface area (Å²) >= 11 is 0. The molecule has 0 heterocycles. The van der Waals surface area contributed by atoms with Gasteiger partial charge in [-0.3, -0.25) is 9.59 Å². The number of nitrogens with one attached hydrogen (secondary N) is 2. The van der Waals surface area contributed by atoms with Gasteiger partial charge in [0.15, 0.2) is 0 Å². The summed E-state index contributed by atoms with van der Waals surface area (Å²) in [6.07, 6.45) is 4.41. The van der Waals surface area contributed by atoms with Gasteiger partial charge in [-0.25, -0.2) is 0 Å². The molecule has 1 atom stereocenters. The van der Waals surface area contributed by atoms with Gasteiger partial charge in [0.1, 0.15) is 0 Å². The Hall–Kier alpha value is -1.84. The maximum Gasteiger partial charge on any atom is 0.313 e. The van der Waals surface area contributed by atoms with E-state index in [1.807, 2.05) is 24.3 Å². The van der Waals surface area contributed by atoms with Crippen LogP contribution < -0.4 is 10.6 Å². The minimum atomic E-state index is -0.604. The highest BCUT2D eigenvalue weighted by Crippen LogP contribution is 2.17. The first-order valence-corrected chi connectivity index (χ1v) is 8.67. The van der Waals surface area contributed by atoms with Crippen LogP contribution in [0.15, 0.2) is 24.3 Å². The minimum absolute atomic E-state index is 0.442. The lowest BCUT2D eigenvalue weighted by molar-refractivity contribution is -0.136. The van der Waals surface area contributed by atoms with E-state index in [2.05, 4.69) is 38.3 Å². The van der Waals surface area contributed by atoms with Crippen LogP contribution in [-0.2, 0) is 9.59 Å². The van der Waals surface area contributed by atoms with Crippen molar-refractivity contribution in [1.82, 2.24) is 5.32 Å². The van der Waals surface area contributed by atoms with E-state index >= 15 is 0 Å². The van der Waals surface area contributed by atoms with E-state index in [0.717, 1.165) is 25.7 Å². The van der Waals surface area contributed by atoms with Crippen LogP contribution in [0.2, 0.25) is 0 Å². The number of carbonyl (C=O) groups excluding carboxylic acids is 2. The average molecular weight is 318 g/mol. The van der Waals surface area contributed by atoms with Crippen molar-refractivity contribution in [3.63, 3.8) is 0 Å². The first-order valence-electron chi connectivity index (χ1n) is 8.67. The third-order valence-corrected chi connectivity index (χ3v) is 4.14. The van der Waals surface area contributed by atoms with Gasteiger partial charge in [-0.05, 0) is 36.0 Å². The van der Waals surface area contributed by atoms with Crippen molar-refractivity contribution in [2.24, 2.45) is 5.92 Å². The molecule has 0 spiro atoms. The molecule has 0 aliphatic rings. The van der Waals surface area contributed by atoms with Crippen LogP contribution in [0.1, 0.15) is 64.9 Å². The lowest BCUT2D eigenvalue weighted by atomic mass is 9.99. The summed E-state index contributed by atoms with van der Waals surface area (Å²) in [7, 11) is 0. The molecule has 0 aliphatic carbocycles. The number of benzene rings is 1. The highest BCUT2D eigenvalue weighted by Gasteiger charge is 2.15. The molecular weight excluding hydrogens is 288 g/mol. The van der Waals surface area contributed by atoms with Crippen LogP contribution in [-0.4, -0.2) is 18.4 Å². The van der Waals surface area contributed by atoms with Crippen molar-refractivity contribution in [2.45, 2.75) is 59.3 Å². The van der Waals surface area contributed by atoms with Gasteiger partial charge in [-0.15, -0.1) is 0 Å². The van der Waals surface area contributed by atoms with Gasteiger partial charge in [0.2, 0.25) is 0 Å². The molecule has 0 radical (unpaired) electrons. The smallest absolute Gasteiger partial charge is 0.313 e. The number of hydrogen-bond donors (Lipinski definition) is 2. The second-order valence-electron chi connectivity index (χ2n) is 6.36. The van der Waals surface area contributed by atoms with Crippen LogP contribution in [0.3, 0.4) is 0 Å². The van der Waals surface area contributed by atoms with Gasteiger partial charge in [-0.2, -0.15) is 0 Å². The second-order valence-corrected chi connectivity index (χ2v) is 6.36. The number of hydrogen-bond acceptors (Lipinski definition) is 2. The van der Waals surface area contributed by atoms with E-state index in [4.69, 9.17) is 0 Å². The molecule has 2 N–H and O–H groups in total. The molecule has 0 fully saturated rings. The lowest BCUT2D eigenvalue weighted by Crippen LogP contribution is -2.38. The summed E-state index contributed by atoms with van der Waals surface area (Å²) in [6, 6.07) is 7.60. The Morgan fingerprint density at radius 3 is 2.22 bits per heavy atom. The monoisotopic (exact) mass is 318 g/mol. The van der Waals surface area contributed by atoms with Crippen LogP contribution >= 0.6 is 0 Å². The summed E-state index contributed by atoms with van der Waals surface area (Å²) in [5, 5.41) is 5.38. The zero-order valence-corrected chi connectivity index (χ0v) is 14.8. The Bertz CT molecular complexity index is 495. The van der Waals surface area contributed by atoms with Crippen LogP contribution in [0.4, 0.5) is 5.69 Å². The molecule has 1 aromatic carbocycles. The molecule has 4 nitrogen and oxygen atoms in total. The van der Waals surface area contributed by atoms with Crippen LogP contribution in [0.5, 0.6) is 0 Å². The highest BCUT2D eigenvalue weighted by molar-refractivity contribution is 6.39. The van der Waals surface area contributed by atoms with Crippen molar-refractivity contribution >= 4 is 17.5 Å². The topological polar surface area (TPSA) is 58.2 Å². The fraction of sp³-hybridized carbons (Fsp3) is 0.579. The SMILES string of the molecule is CCCC[C@H](CC)CNC(=O)C(=O)Nc1ccc(C(C)C)cc1. The van der Waals surface area contributed by atoms with Gasteiger partial charge in [-0.1, -0.05) is 59.1 Å². The number of amides is 2. The molecule has 0 saturated heterocycles. The third-order valence-electron chi connectivity index (χ3n) is 4.14. The number of carbonyl (C=O) groups is 2. The summed E-state index contributed by atoms with van der Waals surface area (Å²) < 4.78 is 0. The van der Waals surface area contributed by atoms with Crippen LogP contribution in [0, 0.1) is 5.92 Å². The van der Waals surface area contributed by atoms with E-state index in [1.54, 1.807) is 0 Å². The number of rotatable bonds is 8. The molecule has 0 unspecified atom stereocenters. The molecular formula is C19H30N2O2. The van der Waals surface area contributed by atoms with Crippen LogP contribution in [0.25, 0.3) is 0 Å². The van der Waals surface area contributed by atoms with Gasteiger partial charge >= 0.3 is 11.8 Å². The van der Waals surface area contributed by atoms with Gasteiger partial charge in [0.25, 0.3) is 0 Å². The molecule has 0 bridgehead atoms. The van der Waals surface area contributed by atoms with E-state index in [-0.39, 0.29) is 0 Å². The Kier molecular flexibility index (Phi) is 8.38. The van der Waals surface area contributed by atoms with E-state index < -0.39 is 11.8 Å². The second kappa shape index (κ2) is 10.0. The highest BCUT2D eigenvalue weighted by atomic mass is 16.2. The quantitative estimate of drug-likeness (QED) is 0.710. The fourth-order valence-electron chi connectivity index (χ4n) is 2.40. The Labute approximate surface area is 140 Å². The van der Waals surface area contributed by atoms with Crippen molar-refractivity contribution in [3.05, 3.63) is 29.8 Å². The number of unbranched alkanes of at least 4 members (excludes halogenated alkanes) is 1. The molecule has 128 valence electrons. The summed E-state index contributed by atoms with van der Waals surface area (Å²) in [5.41, 5.74) is 1.85. The van der Waals surface area contributed by atoms with Crippen molar-refractivity contribution in [2.75, 3.05) is 11.9 Å². The standard InChI is InChI=1S/C19H30N2O2/c1-5-7-8-15(6-2)13-20-18(22)19(23)21-17-11-9-16(10-12-17)14(3)4/h9-12,14-15H,5-8,13H2,1-4H3,(H,20,22)(H,21,23)/t15-/m0/s1. The molecule has 0 aliphatic heterocycles. The predicted octanol–water partition coefficient (Wildman–Crippen LogP) is 4.08. The Balaban J connectivity index is 2.45. The lowest BCUT2D eigenvalue weighted by Gasteiger charge is -2.15. The average Bonchev–Trinajstić information content (AvgIpc) is 2.55. The van der Waals surface area contributed by atoms with Gasteiger partial charge < -0.3 is 10.6 Å². The summed E-state index contributed by atoms with van der Waals surface area (Å²) in [4.78, 5) is 23.8. The summed E-state index contributed by atoms with van der Waals surface area (Å²) in [5.74, 6) is -0.283. The largest absolute Gasteiger partial charge is 0.348 e. The fourth-order valence-corrected chi connectivity index (χ4v) is 2.40. The zero-order chi connectivity index (χ0) is 17.2. The first kappa shape index (κ1) is 19.2. The molecule has 4 heteroatoms. The van der Waals surface area contributed by atoms with E-state index in [0.29, 0.717) is 24.1 Å². The Morgan fingerprint density at radius 2 is 1.70 bits per heavy atom. The summed E-state index contributed by atoms with van der Waals surface area (Å²) in [6.45, 7) is 9.06. The molecule has 23 heavy (non-hydrogen) atoms. The molecule has 1 aromatic rings. The van der Waals surface area contributed by atoms with Gasteiger partial charge in [0.05, 0.1) is 0 Å². The maximum absolute atomic E-state index is 11.9. The first-order chi connectivity index (χ1) is 11.0. The zero-order valence-electron chi connectivity index (χ0n) is 14.8. The van der Waals surface area contributed by atoms with Gasteiger partial charge in [0, 0.05) is 12.2 Å². The molecule has 0 aromatic heterocycles.